The highest BCUT2D eigenvalue weighted by molar-refractivity contribution is 5.80. The Morgan fingerprint density at radius 3 is 2.71 bits per heavy atom. The summed E-state index contributed by atoms with van der Waals surface area (Å²) in [6.07, 6.45) is 0.970. The Morgan fingerprint density at radius 1 is 1.24 bits per heavy atom. The van der Waals surface area contributed by atoms with Crippen LogP contribution in [0.3, 0.4) is 0 Å². The minimum absolute atomic E-state index is 0.0878. The molecule has 17 heavy (non-hydrogen) atoms. The number of benzene rings is 1. The summed E-state index contributed by atoms with van der Waals surface area (Å²) >= 11 is 0. The van der Waals surface area contributed by atoms with Gasteiger partial charge in [-0.25, -0.2) is 4.98 Å². The van der Waals surface area contributed by atoms with Crippen LogP contribution in [0, 0.1) is 0 Å². The Hall–Kier alpha value is -1.61. The molecule has 0 aliphatic carbocycles. The molecule has 0 radical (unpaired) electrons. The number of hydrogen-bond donors (Lipinski definition) is 2. The van der Waals surface area contributed by atoms with Crippen molar-refractivity contribution in [1.82, 2.24) is 4.98 Å². The molecular formula is C14H19N3. The number of anilines is 1. The van der Waals surface area contributed by atoms with Gasteiger partial charge in [0.2, 0.25) is 0 Å². The molecule has 1 unspecified atom stereocenters. The van der Waals surface area contributed by atoms with Crippen molar-refractivity contribution < 1.29 is 0 Å². The lowest BCUT2D eigenvalue weighted by Gasteiger charge is -2.28. The minimum atomic E-state index is -0.0878. The summed E-state index contributed by atoms with van der Waals surface area (Å²) < 4.78 is 0. The molecule has 0 amide bonds. The number of para-hydroxylation sites is 1. The number of nitrogens with one attached hydrogen (secondary N) is 1. The predicted molar refractivity (Wildman–Crippen MR) is 73.1 cm³/mol. The van der Waals surface area contributed by atoms with Gasteiger partial charge in [-0.05, 0) is 31.5 Å². The Bertz CT molecular complexity index is 504. The van der Waals surface area contributed by atoms with Gasteiger partial charge in [-0.2, -0.15) is 0 Å². The second kappa shape index (κ2) is 4.72. The highest BCUT2D eigenvalue weighted by Crippen LogP contribution is 2.19. The molecule has 1 aromatic heterocycles. The van der Waals surface area contributed by atoms with Gasteiger partial charge in [-0.15, -0.1) is 0 Å². The van der Waals surface area contributed by atoms with Gasteiger partial charge in [0.15, 0.2) is 0 Å². The zero-order chi connectivity index (χ0) is 12.3. The van der Waals surface area contributed by atoms with E-state index in [1.807, 2.05) is 24.3 Å². The van der Waals surface area contributed by atoms with Crippen molar-refractivity contribution in [3.63, 3.8) is 0 Å². The van der Waals surface area contributed by atoms with Crippen LogP contribution in [-0.4, -0.2) is 17.1 Å². The third kappa shape index (κ3) is 2.56. The third-order valence-electron chi connectivity index (χ3n) is 3.26. The van der Waals surface area contributed by atoms with Crippen LogP contribution in [0.15, 0.2) is 36.4 Å². The highest BCUT2D eigenvalue weighted by Gasteiger charge is 2.19. The van der Waals surface area contributed by atoms with Gasteiger partial charge in [0.1, 0.15) is 5.82 Å². The fourth-order valence-electron chi connectivity index (χ4n) is 1.73. The first-order valence-electron chi connectivity index (χ1n) is 6.01. The van der Waals surface area contributed by atoms with Crippen LogP contribution in [0.25, 0.3) is 10.9 Å². The van der Waals surface area contributed by atoms with E-state index in [4.69, 9.17) is 5.73 Å². The molecule has 3 N–H and O–H groups in total. The summed E-state index contributed by atoms with van der Waals surface area (Å²) in [6, 6.07) is 12.2. The lowest BCUT2D eigenvalue weighted by atomic mass is 9.99. The molecule has 90 valence electrons. The normalized spacial score (nSPS) is 14.5. The van der Waals surface area contributed by atoms with Crippen LogP contribution in [0.5, 0.6) is 0 Å². The number of nitrogens with two attached hydrogens (primary N) is 1. The predicted octanol–water partition coefficient (Wildman–Crippen LogP) is 2.77. The maximum atomic E-state index is 5.79. The fourth-order valence-corrected chi connectivity index (χ4v) is 1.73. The maximum Gasteiger partial charge on any atom is 0.127 e. The zero-order valence-electron chi connectivity index (χ0n) is 10.4. The number of aromatic nitrogens is 1. The van der Waals surface area contributed by atoms with Crippen molar-refractivity contribution in [3.05, 3.63) is 36.4 Å². The van der Waals surface area contributed by atoms with E-state index in [9.17, 15) is 0 Å². The van der Waals surface area contributed by atoms with Crippen molar-refractivity contribution >= 4 is 16.7 Å². The van der Waals surface area contributed by atoms with E-state index < -0.39 is 0 Å². The van der Waals surface area contributed by atoms with E-state index in [1.54, 1.807) is 0 Å². The molecule has 0 saturated carbocycles. The summed E-state index contributed by atoms with van der Waals surface area (Å²) in [5.41, 5.74) is 6.71. The molecule has 1 heterocycles. The van der Waals surface area contributed by atoms with Crippen LogP contribution in [0.1, 0.15) is 20.3 Å². The van der Waals surface area contributed by atoms with Crippen LogP contribution < -0.4 is 11.1 Å². The number of nitrogens with zero attached hydrogens (tertiary/aromatic N) is 1. The van der Waals surface area contributed by atoms with E-state index in [1.165, 1.54) is 0 Å². The Balaban J connectivity index is 2.31. The largest absolute Gasteiger partial charge is 0.364 e. The molecule has 1 aromatic carbocycles. The second-order valence-corrected chi connectivity index (χ2v) is 4.63. The summed E-state index contributed by atoms with van der Waals surface area (Å²) in [7, 11) is 0. The first-order valence-corrected chi connectivity index (χ1v) is 6.01. The van der Waals surface area contributed by atoms with Gasteiger partial charge in [0.05, 0.1) is 5.52 Å². The number of pyridine rings is 1. The zero-order valence-corrected chi connectivity index (χ0v) is 10.4. The molecule has 0 aliphatic heterocycles. The second-order valence-electron chi connectivity index (χ2n) is 4.63. The Labute approximate surface area is 102 Å². The molecule has 2 rings (SSSR count). The average molecular weight is 229 g/mol. The molecule has 0 aliphatic rings. The van der Waals surface area contributed by atoms with Crippen molar-refractivity contribution in [1.29, 1.82) is 0 Å². The number of fused-ring (bicyclic) bond motifs is 1. The van der Waals surface area contributed by atoms with Gasteiger partial charge in [0.25, 0.3) is 0 Å². The molecule has 0 saturated heterocycles. The van der Waals surface area contributed by atoms with E-state index in [2.05, 4.69) is 36.3 Å². The van der Waals surface area contributed by atoms with Gasteiger partial charge < -0.3 is 11.1 Å². The third-order valence-corrected chi connectivity index (χ3v) is 3.26. The lowest BCUT2D eigenvalue weighted by molar-refractivity contribution is 0.505. The average Bonchev–Trinajstić information content (AvgIpc) is 2.38. The van der Waals surface area contributed by atoms with Crippen molar-refractivity contribution in [2.24, 2.45) is 5.73 Å². The molecule has 0 bridgehead atoms. The SMILES string of the molecule is CCC(C)(CN)Nc1ccc2ccccc2n1. The highest BCUT2D eigenvalue weighted by atomic mass is 15.1. The number of rotatable bonds is 4. The molecule has 2 aromatic rings. The van der Waals surface area contributed by atoms with Crippen LogP contribution in [0.4, 0.5) is 5.82 Å². The van der Waals surface area contributed by atoms with Gasteiger partial charge in [-0.1, -0.05) is 25.1 Å². The molecule has 0 spiro atoms. The van der Waals surface area contributed by atoms with Crippen LogP contribution in [0.2, 0.25) is 0 Å². The van der Waals surface area contributed by atoms with Gasteiger partial charge in [-0.3, -0.25) is 0 Å². The Morgan fingerprint density at radius 2 is 2.00 bits per heavy atom. The lowest BCUT2D eigenvalue weighted by Crippen LogP contribution is -2.42. The monoisotopic (exact) mass is 229 g/mol. The molecule has 0 fully saturated rings. The van der Waals surface area contributed by atoms with Crippen molar-refractivity contribution in [2.75, 3.05) is 11.9 Å². The van der Waals surface area contributed by atoms with Crippen molar-refractivity contribution in [2.45, 2.75) is 25.8 Å². The van der Waals surface area contributed by atoms with Crippen molar-refractivity contribution in [3.8, 4) is 0 Å². The van der Waals surface area contributed by atoms with E-state index in [-0.39, 0.29) is 5.54 Å². The molecular weight excluding hydrogens is 210 g/mol. The van der Waals surface area contributed by atoms with Gasteiger partial charge >= 0.3 is 0 Å². The van der Waals surface area contributed by atoms with E-state index in [0.717, 1.165) is 23.1 Å². The quantitative estimate of drug-likeness (QED) is 0.847. The van der Waals surface area contributed by atoms with Crippen LogP contribution >= 0.6 is 0 Å². The molecule has 3 heteroatoms. The summed E-state index contributed by atoms with van der Waals surface area (Å²) in [5.74, 6) is 0.888. The first kappa shape index (κ1) is 11.9. The smallest absolute Gasteiger partial charge is 0.127 e. The standard InChI is InChI=1S/C14H19N3/c1-3-14(2,10-15)17-13-9-8-11-6-4-5-7-12(11)16-13/h4-9H,3,10,15H2,1-2H3,(H,16,17). The molecule has 3 nitrogen and oxygen atoms in total. The Kier molecular flexibility index (Phi) is 3.29. The maximum absolute atomic E-state index is 5.79. The minimum Gasteiger partial charge on any atom is -0.364 e. The molecule has 1 atom stereocenters. The fraction of sp³-hybridized carbons (Fsp3) is 0.357. The van der Waals surface area contributed by atoms with E-state index >= 15 is 0 Å². The van der Waals surface area contributed by atoms with Crippen LogP contribution in [-0.2, 0) is 0 Å². The topological polar surface area (TPSA) is 50.9 Å². The summed E-state index contributed by atoms with van der Waals surface area (Å²) in [6.45, 7) is 4.84. The first-order chi connectivity index (χ1) is 8.17. The van der Waals surface area contributed by atoms with Gasteiger partial charge in [0, 0.05) is 17.5 Å². The summed E-state index contributed by atoms with van der Waals surface area (Å²) in [5, 5.41) is 4.57. The number of hydrogen-bond acceptors (Lipinski definition) is 3. The van der Waals surface area contributed by atoms with E-state index in [0.29, 0.717) is 6.54 Å². The summed E-state index contributed by atoms with van der Waals surface area (Å²) in [4.78, 5) is 4.59.